The van der Waals surface area contributed by atoms with Gasteiger partial charge in [-0.3, -0.25) is 5.43 Å². The number of benzene rings is 2. The Morgan fingerprint density at radius 3 is 2.75 bits per heavy atom. The predicted molar refractivity (Wildman–Crippen MR) is 115 cm³/mol. The molecule has 0 fully saturated rings. The standard InChI is InChI=1S/C21H18N6S/c1-13-6-8-14(9-7-13)11-24-27-20-16(10-22)19(25-21(28)26-20)17-12-23-18-5-3-2-4-15(17)18/h2-9,11-12,20,23,27H,1H3,(H2,25,26,28)/b24-11+. The Labute approximate surface area is 168 Å². The molecule has 0 bridgehead atoms. The highest BCUT2D eigenvalue weighted by Crippen LogP contribution is 2.27. The molecular weight excluding hydrogens is 368 g/mol. The SMILES string of the molecule is Cc1ccc(/C=N/NC2NC(=S)NC(c3c[nH]c4ccccc34)=C2C#N)cc1. The third-order valence-corrected chi connectivity index (χ3v) is 4.77. The molecule has 0 saturated carbocycles. The van der Waals surface area contributed by atoms with Crippen LogP contribution in [0.1, 0.15) is 16.7 Å². The molecule has 1 unspecified atom stereocenters. The second-order valence-electron chi connectivity index (χ2n) is 6.48. The molecular formula is C21H18N6S. The predicted octanol–water partition coefficient (Wildman–Crippen LogP) is 3.14. The van der Waals surface area contributed by atoms with Crippen LogP contribution in [0.2, 0.25) is 0 Å². The second kappa shape index (κ2) is 7.55. The number of H-pyrrole nitrogens is 1. The fourth-order valence-corrected chi connectivity index (χ4v) is 3.33. The second-order valence-corrected chi connectivity index (χ2v) is 6.89. The third-order valence-electron chi connectivity index (χ3n) is 4.55. The topological polar surface area (TPSA) is 88.0 Å². The molecule has 4 rings (SSSR count). The van der Waals surface area contributed by atoms with Gasteiger partial charge in [0.05, 0.1) is 17.5 Å². The number of hydrogen-bond donors (Lipinski definition) is 4. The van der Waals surface area contributed by atoms with Gasteiger partial charge in [-0.1, -0.05) is 48.0 Å². The van der Waals surface area contributed by atoms with Crippen LogP contribution >= 0.6 is 12.2 Å². The van der Waals surface area contributed by atoms with Crippen molar-refractivity contribution in [3.8, 4) is 6.07 Å². The summed E-state index contributed by atoms with van der Waals surface area (Å²) in [5, 5.41) is 21.7. The number of para-hydroxylation sites is 1. The summed E-state index contributed by atoms with van der Waals surface area (Å²) in [5.41, 5.74) is 8.20. The molecule has 1 atom stereocenters. The largest absolute Gasteiger partial charge is 0.360 e. The van der Waals surface area contributed by atoms with Crippen molar-refractivity contribution in [2.45, 2.75) is 13.1 Å². The van der Waals surface area contributed by atoms with Gasteiger partial charge in [0.1, 0.15) is 6.07 Å². The Bertz CT molecular complexity index is 1130. The summed E-state index contributed by atoms with van der Waals surface area (Å²) in [4.78, 5) is 3.23. The molecule has 0 saturated heterocycles. The van der Waals surface area contributed by atoms with E-state index < -0.39 is 6.17 Å². The molecule has 1 aromatic heterocycles. The number of rotatable bonds is 4. The number of hydrogen-bond acceptors (Lipinski definition) is 4. The first kappa shape index (κ1) is 17.8. The van der Waals surface area contributed by atoms with Crippen LogP contribution in [0.4, 0.5) is 0 Å². The third kappa shape index (κ3) is 3.46. The molecule has 0 radical (unpaired) electrons. The van der Waals surface area contributed by atoms with E-state index in [-0.39, 0.29) is 0 Å². The minimum Gasteiger partial charge on any atom is -0.360 e. The highest BCUT2D eigenvalue weighted by molar-refractivity contribution is 7.80. The van der Waals surface area contributed by atoms with Gasteiger partial charge in [-0.05, 0) is 30.8 Å². The van der Waals surface area contributed by atoms with Gasteiger partial charge in [0.2, 0.25) is 0 Å². The van der Waals surface area contributed by atoms with Crippen LogP contribution < -0.4 is 16.1 Å². The highest BCUT2D eigenvalue weighted by Gasteiger charge is 2.27. The van der Waals surface area contributed by atoms with Crippen LogP contribution in [0, 0.1) is 18.3 Å². The van der Waals surface area contributed by atoms with Crippen LogP contribution in [0.15, 0.2) is 65.4 Å². The Morgan fingerprint density at radius 2 is 1.96 bits per heavy atom. The van der Waals surface area contributed by atoms with E-state index in [0.717, 1.165) is 22.0 Å². The quantitative estimate of drug-likeness (QED) is 0.314. The number of fused-ring (bicyclic) bond motifs is 1. The number of thiocarbonyl (C=S) groups is 1. The molecule has 1 aliphatic rings. The molecule has 28 heavy (non-hydrogen) atoms. The lowest BCUT2D eigenvalue weighted by Gasteiger charge is -2.28. The molecule has 3 aromatic rings. The van der Waals surface area contributed by atoms with E-state index in [0.29, 0.717) is 16.4 Å². The average molecular weight is 386 g/mol. The zero-order valence-corrected chi connectivity index (χ0v) is 16.0. The molecule has 0 spiro atoms. The molecule has 1 aliphatic heterocycles. The number of nitrogens with one attached hydrogen (secondary N) is 4. The Morgan fingerprint density at radius 1 is 1.18 bits per heavy atom. The van der Waals surface area contributed by atoms with Crippen molar-refractivity contribution in [2.75, 3.05) is 0 Å². The lowest BCUT2D eigenvalue weighted by atomic mass is 10.0. The van der Waals surface area contributed by atoms with Crippen molar-refractivity contribution in [3.63, 3.8) is 0 Å². The average Bonchev–Trinajstić information content (AvgIpc) is 3.13. The smallest absolute Gasteiger partial charge is 0.172 e. The number of aromatic nitrogens is 1. The molecule has 6 nitrogen and oxygen atoms in total. The summed E-state index contributed by atoms with van der Waals surface area (Å²) in [6.45, 7) is 2.04. The summed E-state index contributed by atoms with van der Waals surface area (Å²) in [6.07, 6.45) is 3.07. The molecule has 2 heterocycles. The van der Waals surface area contributed by atoms with E-state index in [1.165, 1.54) is 5.56 Å². The first-order chi connectivity index (χ1) is 13.7. The zero-order chi connectivity index (χ0) is 19.5. The van der Waals surface area contributed by atoms with E-state index in [9.17, 15) is 5.26 Å². The maximum absolute atomic E-state index is 9.80. The van der Waals surface area contributed by atoms with E-state index in [2.05, 4.69) is 32.2 Å². The first-order valence-corrected chi connectivity index (χ1v) is 9.20. The van der Waals surface area contributed by atoms with Crippen molar-refractivity contribution in [1.29, 1.82) is 5.26 Å². The summed E-state index contributed by atoms with van der Waals surface area (Å²) in [5.74, 6) is 0. The monoisotopic (exact) mass is 386 g/mol. The van der Waals surface area contributed by atoms with Crippen molar-refractivity contribution >= 4 is 40.1 Å². The highest BCUT2D eigenvalue weighted by atomic mass is 32.1. The maximum Gasteiger partial charge on any atom is 0.172 e. The van der Waals surface area contributed by atoms with Gasteiger partial charge in [0.15, 0.2) is 11.3 Å². The summed E-state index contributed by atoms with van der Waals surface area (Å²) < 4.78 is 0. The van der Waals surface area contributed by atoms with Crippen LogP contribution in [0.3, 0.4) is 0 Å². The number of nitriles is 1. The minimum atomic E-state index is -0.524. The number of aryl methyl sites for hydroxylation is 1. The van der Waals surface area contributed by atoms with Crippen molar-refractivity contribution in [2.24, 2.45) is 5.10 Å². The minimum absolute atomic E-state index is 0.433. The molecule has 0 aliphatic carbocycles. The van der Waals surface area contributed by atoms with E-state index in [4.69, 9.17) is 12.2 Å². The maximum atomic E-state index is 9.80. The molecule has 138 valence electrons. The molecule has 4 N–H and O–H groups in total. The van der Waals surface area contributed by atoms with E-state index >= 15 is 0 Å². The van der Waals surface area contributed by atoms with Crippen LogP contribution in [0.5, 0.6) is 0 Å². The number of hydrazone groups is 1. The summed E-state index contributed by atoms with van der Waals surface area (Å²) >= 11 is 5.35. The van der Waals surface area contributed by atoms with Crippen molar-refractivity contribution in [1.82, 2.24) is 21.0 Å². The summed E-state index contributed by atoms with van der Waals surface area (Å²) in [7, 11) is 0. The van der Waals surface area contributed by atoms with Gasteiger partial charge in [-0.2, -0.15) is 10.4 Å². The van der Waals surface area contributed by atoms with E-state index in [1.807, 2.05) is 61.7 Å². The van der Waals surface area contributed by atoms with Gasteiger partial charge < -0.3 is 15.6 Å². The van der Waals surface area contributed by atoms with Crippen molar-refractivity contribution in [3.05, 3.63) is 77.0 Å². The van der Waals surface area contributed by atoms with Gasteiger partial charge in [-0.15, -0.1) is 0 Å². The Balaban J connectivity index is 1.65. The Hall–Kier alpha value is -3.63. The van der Waals surface area contributed by atoms with Crippen molar-refractivity contribution < 1.29 is 0 Å². The van der Waals surface area contributed by atoms with Crippen LogP contribution in [0.25, 0.3) is 16.6 Å². The van der Waals surface area contributed by atoms with Gasteiger partial charge >= 0.3 is 0 Å². The first-order valence-electron chi connectivity index (χ1n) is 8.79. The fraction of sp³-hybridized carbons (Fsp3) is 0.0952. The molecule has 0 amide bonds. The summed E-state index contributed by atoms with van der Waals surface area (Å²) in [6, 6.07) is 18.2. The van der Waals surface area contributed by atoms with Gasteiger partial charge in [-0.25, -0.2) is 0 Å². The number of aromatic amines is 1. The van der Waals surface area contributed by atoms with Crippen LogP contribution in [-0.4, -0.2) is 22.5 Å². The van der Waals surface area contributed by atoms with Gasteiger partial charge in [0.25, 0.3) is 0 Å². The fourth-order valence-electron chi connectivity index (χ4n) is 3.11. The number of nitrogens with zero attached hydrogens (tertiary/aromatic N) is 2. The lowest BCUT2D eigenvalue weighted by molar-refractivity contribution is 0.568. The van der Waals surface area contributed by atoms with Gasteiger partial charge in [0, 0.05) is 22.7 Å². The van der Waals surface area contributed by atoms with E-state index in [1.54, 1.807) is 6.21 Å². The zero-order valence-electron chi connectivity index (χ0n) is 15.2. The van der Waals surface area contributed by atoms with Crippen LogP contribution in [-0.2, 0) is 0 Å². The Kier molecular flexibility index (Phi) is 4.79. The normalized spacial score (nSPS) is 16.7. The lowest BCUT2D eigenvalue weighted by Crippen LogP contribution is -2.52. The molecule has 2 aromatic carbocycles. The molecule has 7 heteroatoms.